The molecule has 2 fully saturated rings. The third kappa shape index (κ3) is 3.20. The number of carbonyl (C=O) groups excluding carboxylic acids is 1. The van der Waals surface area contributed by atoms with Gasteiger partial charge in [-0.1, -0.05) is 12.1 Å². The summed E-state index contributed by atoms with van der Waals surface area (Å²) in [5.41, 5.74) is 0.339. The summed E-state index contributed by atoms with van der Waals surface area (Å²) in [6.07, 6.45) is 3.55. The fraction of sp³-hybridized carbons (Fsp3) is 0.562. The molecule has 3 rings (SSSR count). The number of thioether (sulfide) groups is 1. The van der Waals surface area contributed by atoms with Crippen LogP contribution in [0.2, 0.25) is 0 Å². The fourth-order valence-electron chi connectivity index (χ4n) is 3.26. The number of ether oxygens (including phenoxy) is 1. The first-order chi connectivity index (χ1) is 10.1. The van der Waals surface area contributed by atoms with Crippen molar-refractivity contribution in [3.8, 4) is 0 Å². The van der Waals surface area contributed by atoms with Crippen LogP contribution in [0, 0.1) is 11.7 Å². The van der Waals surface area contributed by atoms with Crippen LogP contribution in [-0.4, -0.2) is 29.5 Å². The topological polar surface area (TPSA) is 26.3 Å². The lowest BCUT2D eigenvalue weighted by Crippen LogP contribution is -2.44. The van der Waals surface area contributed by atoms with Crippen LogP contribution < -0.4 is 0 Å². The number of hydrogen-bond acceptors (Lipinski definition) is 3. The second-order valence-electron chi connectivity index (χ2n) is 5.80. The molecule has 0 N–H and O–H groups in total. The van der Waals surface area contributed by atoms with Gasteiger partial charge < -0.3 is 4.74 Å². The average molecular weight is 373 g/mol. The summed E-state index contributed by atoms with van der Waals surface area (Å²) < 4.78 is 19.9. The standard InChI is InChI=1S/C16H18BrFO2S/c17-14-12(2-1-3-13(14)18)15(19)11-4-7-20-16(10-11)5-8-21-9-6-16/h1-3,11H,4-10H2. The maximum Gasteiger partial charge on any atom is 0.167 e. The number of carbonyl (C=O) groups is 1. The Morgan fingerprint density at radius 2 is 2.14 bits per heavy atom. The summed E-state index contributed by atoms with van der Waals surface area (Å²) in [7, 11) is 0. The number of Topliss-reactive ketones (excluding diaryl/α,β-unsaturated/α-hetero) is 1. The van der Waals surface area contributed by atoms with Crippen molar-refractivity contribution in [2.45, 2.75) is 31.3 Å². The van der Waals surface area contributed by atoms with E-state index in [9.17, 15) is 9.18 Å². The number of ketones is 1. The van der Waals surface area contributed by atoms with Gasteiger partial charge >= 0.3 is 0 Å². The molecule has 0 aliphatic carbocycles. The largest absolute Gasteiger partial charge is 0.375 e. The van der Waals surface area contributed by atoms with Crippen LogP contribution in [0.15, 0.2) is 22.7 Å². The lowest BCUT2D eigenvalue weighted by atomic mass is 9.79. The minimum atomic E-state index is -0.378. The van der Waals surface area contributed by atoms with Gasteiger partial charge in [0.25, 0.3) is 0 Å². The normalized spacial score (nSPS) is 25.0. The zero-order valence-electron chi connectivity index (χ0n) is 11.7. The van der Waals surface area contributed by atoms with E-state index in [1.165, 1.54) is 6.07 Å². The molecule has 2 nitrogen and oxygen atoms in total. The van der Waals surface area contributed by atoms with E-state index < -0.39 is 0 Å². The molecular weight excluding hydrogens is 355 g/mol. The molecule has 0 aromatic heterocycles. The lowest BCUT2D eigenvalue weighted by molar-refractivity contribution is -0.0959. The number of benzene rings is 1. The summed E-state index contributed by atoms with van der Waals surface area (Å²) in [5.74, 6) is 1.81. The second kappa shape index (κ2) is 6.39. The van der Waals surface area contributed by atoms with Crippen LogP contribution in [0.4, 0.5) is 4.39 Å². The molecule has 1 aromatic carbocycles. The summed E-state index contributed by atoms with van der Waals surface area (Å²) >= 11 is 5.16. The molecule has 1 aromatic rings. The van der Waals surface area contributed by atoms with E-state index in [2.05, 4.69) is 15.9 Å². The highest BCUT2D eigenvalue weighted by Gasteiger charge is 2.41. The molecule has 114 valence electrons. The van der Waals surface area contributed by atoms with Crippen LogP contribution in [0.25, 0.3) is 0 Å². The van der Waals surface area contributed by atoms with E-state index in [0.717, 1.165) is 37.2 Å². The third-order valence-corrected chi connectivity index (χ3v) is 6.28. The Bertz CT molecular complexity index is 538. The molecule has 2 heterocycles. The van der Waals surface area contributed by atoms with Gasteiger partial charge in [-0.2, -0.15) is 11.8 Å². The quantitative estimate of drug-likeness (QED) is 0.716. The highest BCUT2D eigenvalue weighted by atomic mass is 79.9. The van der Waals surface area contributed by atoms with Gasteiger partial charge in [-0.05, 0) is 59.2 Å². The first-order valence-electron chi connectivity index (χ1n) is 7.31. The molecule has 2 aliphatic rings. The molecule has 21 heavy (non-hydrogen) atoms. The van der Waals surface area contributed by atoms with Crippen molar-refractivity contribution in [2.24, 2.45) is 5.92 Å². The summed E-state index contributed by atoms with van der Waals surface area (Å²) in [4.78, 5) is 12.7. The number of rotatable bonds is 2. The Morgan fingerprint density at radius 1 is 1.38 bits per heavy atom. The number of halogens is 2. The van der Waals surface area contributed by atoms with Crippen LogP contribution in [-0.2, 0) is 4.74 Å². The lowest BCUT2D eigenvalue weighted by Gasteiger charge is -2.43. The van der Waals surface area contributed by atoms with Crippen molar-refractivity contribution >= 4 is 33.5 Å². The van der Waals surface area contributed by atoms with Gasteiger partial charge in [-0.3, -0.25) is 4.79 Å². The molecule has 0 bridgehead atoms. The molecule has 0 amide bonds. The monoisotopic (exact) mass is 372 g/mol. The van der Waals surface area contributed by atoms with Gasteiger partial charge in [0.05, 0.1) is 10.1 Å². The highest BCUT2D eigenvalue weighted by Crippen LogP contribution is 2.41. The van der Waals surface area contributed by atoms with Gasteiger partial charge in [0.15, 0.2) is 5.78 Å². The Labute approximate surface area is 137 Å². The van der Waals surface area contributed by atoms with Crippen molar-refractivity contribution < 1.29 is 13.9 Å². The van der Waals surface area contributed by atoms with Crippen LogP contribution in [0.1, 0.15) is 36.0 Å². The molecule has 5 heteroatoms. The van der Waals surface area contributed by atoms with E-state index in [0.29, 0.717) is 12.2 Å². The molecule has 1 atom stereocenters. The van der Waals surface area contributed by atoms with Crippen molar-refractivity contribution in [2.75, 3.05) is 18.1 Å². The third-order valence-electron chi connectivity index (χ3n) is 4.48. The van der Waals surface area contributed by atoms with Crippen molar-refractivity contribution in [1.29, 1.82) is 0 Å². The molecule has 0 saturated carbocycles. The van der Waals surface area contributed by atoms with Gasteiger partial charge in [0.2, 0.25) is 0 Å². The highest BCUT2D eigenvalue weighted by molar-refractivity contribution is 9.10. The predicted molar refractivity (Wildman–Crippen MR) is 86.4 cm³/mol. The first kappa shape index (κ1) is 15.5. The minimum absolute atomic E-state index is 0.0438. The van der Waals surface area contributed by atoms with Crippen LogP contribution >= 0.6 is 27.7 Å². The zero-order valence-corrected chi connectivity index (χ0v) is 14.1. The second-order valence-corrected chi connectivity index (χ2v) is 7.82. The maximum absolute atomic E-state index is 13.6. The van der Waals surface area contributed by atoms with E-state index >= 15 is 0 Å². The summed E-state index contributed by atoms with van der Waals surface area (Å²) in [6, 6.07) is 4.67. The van der Waals surface area contributed by atoms with Crippen molar-refractivity contribution in [3.63, 3.8) is 0 Å². The molecule has 0 radical (unpaired) electrons. The Morgan fingerprint density at radius 3 is 2.90 bits per heavy atom. The summed E-state index contributed by atoms with van der Waals surface area (Å²) in [5, 5.41) is 0. The van der Waals surface area contributed by atoms with E-state index in [4.69, 9.17) is 4.74 Å². The smallest absolute Gasteiger partial charge is 0.167 e. The van der Waals surface area contributed by atoms with Gasteiger partial charge in [-0.15, -0.1) is 0 Å². The van der Waals surface area contributed by atoms with E-state index in [1.54, 1.807) is 12.1 Å². The Hall–Kier alpha value is -0.390. The number of hydrogen-bond donors (Lipinski definition) is 0. The average Bonchev–Trinajstić information content (AvgIpc) is 2.50. The van der Waals surface area contributed by atoms with Crippen molar-refractivity contribution in [3.05, 3.63) is 34.1 Å². The minimum Gasteiger partial charge on any atom is -0.375 e. The van der Waals surface area contributed by atoms with Crippen LogP contribution in [0.5, 0.6) is 0 Å². The zero-order chi connectivity index (χ0) is 14.9. The molecule has 1 spiro atoms. The molecule has 1 unspecified atom stereocenters. The van der Waals surface area contributed by atoms with Gasteiger partial charge in [-0.25, -0.2) is 4.39 Å². The molecular formula is C16H18BrFO2S. The first-order valence-corrected chi connectivity index (χ1v) is 9.26. The van der Waals surface area contributed by atoms with Crippen molar-refractivity contribution in [1.82, 2.24) is 0 Å². The SMILES string of the molecule is O=C(c1cccc(F)c1Br)C1CCOC2(CCSCC2)C1. The van der Waals surface area contributed by atoms with Gasteiger partial charge in [0.1, 0.15) is 5.82 Å². The van der Waals surface area contributed by atoms with E-state index in [-0.39, 0.29) is 27.6 Å². The van der Waals surface area contributed by atoms with Crippen LogP contribution in [0.3, 0.4) is 0 Å². The Balaban J connectivity index is 1.79. The molecule has 2 saturated heterocycles. The maximum atomic E-state index is 13.6. The van der Waals surface area contributed by atoms with Gasteiger partial charge in [0, 0.05) is 18.1 Å². The summed E-state index contributed by atoms with van der Waals surface area (Å²) in [6.45, 7) is 0.633. The van der Waals surface area contributed by atoms with E-state index in [1.807, 2.05) is 11.8 Å². The Kier molecular flexibility index (Phi) is 4.71. The predicted octanol–water partition coefficient (Wildman–Crippen LogP) is 4.46. The fourth-order valence-corrected chi connectivity index (χ4v) is 4.95. The molecule has 2 aliphatic heterocycles.